The van der Waals surface area contributed by atoms with Crippen LogP contribution in [0.1, 0.15) is 31.0 Å². The van der Waals surface area contributed by atoms with Crippen molar-refractivity contribution in [3.8, 4) is 0 Å². The number of hydrogen-bond acceptors (Lipinski definition) is 4. The van der Waals surface area contributed by atoms with Crippen LogP contribution in [0.4, 0.5) is 0 Å². The molecule has 0 aliphatic carbocycles. The van der Waals surface area contributed by atoms with Crippen LogP contribution in [0.15, 0.2) is 18.3 Å². The zero-order chi connectivity index (χ0) is 14.1. The zero-order valence-electron chi connectivity index (χ0n) is 12.4. The lowest BCUT2D eigenvalue weighted by Crippen LogP contribution is -2.28. The van der Waals surface area contributed by atoms with Gasteiger partial charge in [-0.2, -0.15) is 0 Å². The summed E-state index contributed by atoms with van der Waals surface area (Å²) < 4.78 is 2.41. The fourth-order valence-corrected chi connectivity index (χ4v) is 3.68. The summed E-state index contributed by atoms with van der Waals surface area (Å²) >= 11 is 0. The van der Waals surface area contributed by atoms with Gasteiger partial charge in [-0.3, -0.25) is 0 Å². The minimum Gasteiger partial charge on any atom is -0.317 e. The van der Waals surface area contributed by atoms with Crippen molar-refractivity contribution in [2.75, 3.05) is 26.2 Å². The van der Waals surface area contributed by atoms with Gasteiger partial charge in [-0.15, -0.1) is 0 Å². The van der Waals surface area contributed by atoms with E-state index in [2.05, 4.69) is 26.3 Å². The fourth-order valence-electron chi connectivity index (χ4n) is 3.68. The van der Waals surface area contributed by atoms with E-state index in [1.807, 2.05) is 12.3 Å². The largest absolute Gasteiger partial charge is 0.317 e. The van der Waals surface area contributed by atoms with Gasteiger partial charge in [-0.05, 0) is 63.5 Å². The number of fused-ring (bicyclic) bond motifs is 1. The maximum Gasteiger partial charge on any atom is 0.160 e. The van der Waals surface area contributed by atoms with Gasteiger partial charge in [0, 0.05) is 18.7 Å². The van der Waals surface area contributed by atoms with E-state index in [4.69, 9.17) is 4.98 Å². The number of hydrogen-bond donors (Lipinski definition) is 2. The normalized spacial score (nSPS) is 23.9. The number of imidazole rings is 1. The predicted molar refractivity (Wildman–Crippen MR) is 83.3 cm³/mol. The van der Waals surface area contributed by atoms with E-state index in [0.717, 1.165) is 43.9 Å². The van der Waals surface area contributed by atoms with E-state index in [1.165, 1.54) is 25.1 Å². The van der Waals surface area contributed by atoms with Gasteiger partial charge in [-0.25, -0.2) is 9.97 Å². The fraction of sp³-hybridized carbons (Fsp3) is 0.625. The lowest BCUT2D eigenvalue weighted by molar-refractivity contribution is 0.410. The summed E-state index contributed by atoms with van der Waals surface area (Å²) in [5, 5.41) is 6.92. The molecule has 2 aromatic rings. The molecule has 0 aromatic carbocycles. The molecule has 0 radical (unpaired) electrons. The summed E-state index contributed by atoms with van der Waals surface area (Å²) in [7, 11) is 0. The molecule has 21 heavy (non-hydrogen) atoms. The van der Waals surface area contributed by atoms with Crippen molar-refractivity contribution in [3.63, 3.8) is 0 Å². The van der Waals surface area contributed by atoms with Crippen molar-refractivity contribution >= 4 is 11.2 Å². The molecule has 1 unspecified atom stereocenters. The van der Waals surface area contributed by atoms with Crippen molar-refractivity contribution in [1.82, 2.24) is 25.2 Å². The first kappa shape index (κ1) is 13.2. The molecule has 0 bridgehead atoms. The van der Waals surface area contributed by atoms with Crippen LogP contribution in [0.5, 0.6) is 0 Å². The Morgan fingerprint density at radius 1 is 1.14 bits per heavy atom. The van der Waals surface area contributed by atoms with Crippen molar-refractivity contribution in [2.45, 2.75) is 31.7 Å². The molecule has 0 saturated carbocycles. The third-order valence-electron chi connectivity index (χ3n) is 4.84. The second-order valence-corrected chi connectivity index (χ2v) is 6.31. The lowest BCUT2D eigenvalue weighted by Gasteiger charge is -2.24. The highest BCUT2D eigenvalue weighted by Crippen LogP contribution is 2.28. The molecule has 0 spiro atoms. The second kappa shape index (κ2) is 5.73. The van der Waals surface area contributed by atoms with Gasteiger partial charge in [0.25, 0.3) is 0 Å². The molecule has 2 aliphatic heterocycles. The Morgan fingerprint density at radius 3 is 2.81 bits per heavy atom. The number of rotatable bonds is 3. The maximum atomic E-state index is 4.93. The molecule has 4 heterocycles. The highest BCUT2D eigenvalue weighted by Gasteiger charge is 2.25. The first-order valence-electron chi connectivity index (χ1n) is 8.14. The number of aromatic nitrogens is 3. The molecule has 2 aromatic heterocycles. The molecule has 2 saturated heterocycles. The molecular formula is C16H23N5. The molecule has 5 heteroatoms. The summed E-state index contributed by atoms with van der Waals surface area (Å²) in [4.78, 5) is 9.53. The Bertz CT molecular complexity index is 608. The van der Waals surface area contributed by atoms with Crippen LogP contribution in [0, 0.1) is 5.92 Å². The van der Waals surface area contributed by atoms with Gasteiger partial charge in [0.05, 0.1) is 0 Å². The smallest absolute Gasteiger partial charge is 0.160 e. The van der Waals surface area contributed by atoms with Crippen LogP contribution in [-0.2, 0) is 6.54 Å². The van der Waals surface area contributed by atoms with Crippen molar-refractivity contribution < 1.29 is 0 Å². The summed E-state index contributed by atoms with van der Waals surface area (Å²) in [5.74, 6) is 2.55. The SMILES string of the molecule is c1cnc2c(c1)nc(C1CCNCC1)n2CC1CCNC1. The summed E-state index contributed by atoms with van der Waals surface area (Å²) in [6.07, 6.45) is 5.52. The molecule has 2 fully saturated rings. The van der Waals surface area contributed by atoms with Crippen LogP contribution in [0.3, 0.4) is 0 Å². The molecule has 112 valence electrons. The van der Waals surface area contributed by atoms with E-state index < -0.39 is 0 Å². The first-order chi connectivity index (χ1) is 10.4. The van der Waals surface area contributed by atoms with Gasteiger partial charge < -0.3 is 15.2 Å². The van der Waals surface area contributed by atoms with Gasteiger partial charge in [0.1, 0.15) is 11.3 Å². The van der Waals surface area contributed by atoms with Crippen LogP contribution < -0.4 is 10.6 Å². The monoisotopic (exact) mass is 285 g/mol. The third-order valence-corrected chi connectivity index (χ3v) is 4.84. The van der Waals surface area contributed by atoms with Crippen molar-refractivity contribution in [1.29, 1.82) is 0 Å². The van der Waals surface area contributed by atoms with Crippen molar-refractivity contribution in [3.05, 3.63) is 24.2 Å². The van der Waals surface area contributed by atoms with Crippen LogP contribution in [-0.4, -0.2) is 40.7 Å². The third kappa shape index (κ3) is 2.56. The zero-order valence-corrected chi connectivity index (χ0v) is 12.4. The average molecular weight is 285 g/mol. The Balaban J connectivity index is 1.72. The van der Waals surface area contributed by atoms with E-state index >= 15 is 0 Å². The van der Waals surface area contributed by atoms with E-state index in [0.29, 0.717) is 11.8 Å². The number of nitrogens with one attached hydrogen (secondary N) is 2. The van der Waals surface area contributed by atoms with E-state index in [-0.39, 0.29) is 0 Å². The van der Waals surface area contributed by atoms with Crippen molar-refractivity contribution in [2.24, 2.45) is 5.92 Å². The van der Waals surface area contributed by atoms with Gasteiger partial charge in [0.15, 0.2) is 5.65 Å². The number of nitrogens with zero attached hydrogens (tertiary/aromatic N) is 3. The predicted octanol–water partition coefficient (Wildman–Crippen LogP) is 1.51. The number of piperidine rings is 1. The Hall–Kier alpha value is -1.46. The minimum absolute atomic E-state index is 0.579. The van der Waals surface area contributed by atoms with E-state index in [1.54, 1.807) is 0 Å². The highest BCUT2D eigenvalue weighted by atomic mass is 15.1. The standard InChI is InChI=1S/C16H23N5/c1-2-14-16(19-6-1)21(11-12-3-7-18-10-12)15(20-14)13-4-8-17-9-5-13/h1-2,6,12-13,17-18H,3-5,7-11H2. The van der Waals surface area contributed by atoms with Gasteiger partial charge in [-0.1, -0.05) is 0 Å². The van der Waals surface area contributed by atoms with Gasteiger partial charge in [0.2, 0.25) is 0 Å². The van der Waals surface area contributed by atoms with Crippen LogP contribution in [0.2, 0.25) is 0 Å². The Labute approximate surface area is 125 Å². The molecular weight excluding hydrogens is 262 g/mol. The molecule has 1 atom stereocenters. The molecule has 0 amide bonds. The Kier molecular flexibility index (Phi) is 3.61. The molecule has 2 N–H and O–H groups in total. The topological polar surface area (TPSA) is 54.8 Å². The maximum absolute atomic E-state index is 4.93. The Morgan fingerprint density at radius 2 is 2.00 bits per heavy atom. The molecule has 2 aliphatic rings. The van der Waals surface area contributed by atoms with Crippen LogP contribution in [0.25, 0.3) is 11.2 Å². The van der Waals surface area contributed by atoms with Gasteiger partial charge >= 0.3 is 0 Å². The first-order valence-corrected chi connectivity index (χ1v) is 8.14. The number of pyridine rings is 1. The minimum atomic E-state index is 0.579. The van der Waals surface area contributed by atoms with Crippen LogP contribution >= 0.6 is 0 Å². The second-order valence-electron chi connectivity index (χ2n) is 6.31. The highest BCUT2D eigenvalue weighted by molar-refractivity contribution is 5.71. The quantitative estimate of drug-likeness (QED) is 0.897. The summed E-state index contributed by atoms with van der Waals surface area (Å²) in [5.41, 5.74) is 2.12. The van der Waals surface area contributed by atoms with E-state index in [9.17, 15) is 0 Å². The molecule has 4 rings (SSSR count). The molecule has 5 nitrogen and oxygen atoms in total. The summed E-state index contributed by atoms with van der Waals surface area (Å²) in [6, 6.07) is 4.08. The summed E-state index contributed by atoms with van der Waals surface area (Å²) in [6.45, 7) is 5.53. The lowest BCUT2D eigenvalue weighted by atomic mass is 9.97. The average Bonchev–Trinajstić information content (AvgIpc) is 3.17.